The van der Waals surface area contributed by atoms with Crippen LogP contribution in [-0.2, 0) is 14.3 Å². The number of fused-ring (bicyclic) bond motifs is 1. The van der Waals surface area contributed by atoms with Gasteiger partial charge in [0.1, 0.15) is 11.8 Å². The number of carbonyl (C=O) groups excluding carboxylic acids is 2. The molecule has 0 spiro atoms. The van der Waals surface area contributed by atoms with Crippen molar-refractivity contribution in [3.8, 4) is 17.2 Å². The van der Waals surface area contributed by atoms with Crippen LogP contribution in [0.1, 0.15) is 57.7 Å². The van der Waals surface area contributed by atoms with Crippen molar-refractivity contribution in [3.05, 3.63) is 83.5 Å². The second-order valence-electron chi connectivity index (χ2n) is 10.9. The summed E-state index contributed by atoms with van der Waals surface area (Å²) in [7, 11) is 1.52. The Morgan fingerprint density at radius 3 is 2.51 bits per heavy atom. The maximum absolute atomic E-state index is 14.1. The number of thiazole rings is 1. The van der Waals surface area contributed by atoms with Gasteiger partial charge in [-0.1, -0.05) is 29.0 Å². The minimum absolute atomic E-state index is 0.0574. The second-order valence-corrected chi connectivity index (χ2v) is 12.4. The number of amides is 1. The normalized spacial score (nSPS) is 16.5. The van der Waals surface area contributed by atoms with Crippen molar-refractivity contribution in [1.29, 1.82) is 0 Å². The molecule has 2 aromatic carbocycles. The number of hydrogen-bond donors (Lipinski definition) is 0. The van der Waals surface area contributed by atoms with E-state index in [0.29, 0.717) is 55.0 Å². The van der Waals surface area contributed by atoms with Crippen molar-refractivity contribution < 1.29 is 28.5 Å². The zero-order valence-electron chi connectivity index (χ0n) is 25.9. The van der Waals surface area contributed by atoms with Crippen LogP contribution in [0.3, 0.4) is 0 Å². The quantitative estimate of drug-likeness (QED) is 0.301. The molecule has 2 aliphatic heterocycles. The molecule has 1 atom stereocenters. The van der Waals surface area contributed by atoms with Crippen molar-refractivity contribution in [2.75, 3.05) is 33.4 Å². The van der Waals surface area contributed by atoms with E-state index in [4.69, 9.17) is 30.5 Å². The minimum Gasteiger partial charge on any atom is -0.496 e. The second kappa shape index (κ2) is 13.9. The number of allylic oxidation sites excluding steroid dienone is 1. The molecule has 45 heavy (non-hydrogen) atoms. The summed E-state index contributed by atoms with van der Waals surface area (Å²) in [5, 5.41) is 0.423. The number of halogens is 1. The van der Waals surface area contributed by atoms with Gasteiger partial charge in [0.25, 0.3) is 11.5 Å². The summed E-state index contributed by atoms with van der Waals surface area (Å²) in [5.41, 5.74) is 1.54. The largest absolute Gasteiger partial charge is 0.496 e. The van der Waals surface area contributed by atoms with Crippen molar-refractivity contribution in [3.63, 3.8) is 0 Å². The van der Waals surface area contributed by atoms with Gasteiger partial charge in [-0.2, -0.15) is 0 Å². The summed E-state index contributed by atoms with van der Waals surface area (Å²) in [6.07, 6.45) is 3.37. The number of hydrogen-bond acceptors (Lipinski definition) is 9. The molecule has 238 valence electrons. The predicted molar refractivity (Wildman–Crippen MR) is 172 cm³/mol. The van der Waals surface area contributed by atoms with Crippen LogP contribution in [0.15, 0.2) is 57.5 Å². The average molecular weight is 654 g/mol. The fourth-order valence-electron chi connectivity index (χ4n) is 5.42. The molecule has 0 N–H and O–H groups in total. The Kier molecular flexibility index (Phi) is 9.99. The first kappa shape index (κ1) is 32.3. The molecule has 0 saturated carbocycles. The molecular formula is C33H36ClN3O7S. The van der Waals surface area contributed by atoms with Gasteiger partial charge >= 0.3 is 5.97 Å². The maximum atomic E-state index is 14.1. The highest BCUT2D eigenvalue weighted by atomic mass is 35.5. The number of benzene rings is 2. The standard InChI is InChI=1S/C33H36ClN3O7S/c1-6-42-26-15-21(9-11-25(26)43-18-28(38)36-13-7-8-14-36)16-27-31(39)37-30(23-17-22(34)10-12-24(23)41-5)29(32(40)44-19(2)3)20(4)35-33(37)45-27/h9-12,15-17,19,30H,6-8,13-14,18H2,1-5H3/b27-16-/t30-/m0/s1. The van der Waals surface area contributed by atoms with Gasteiger partial charge < -0.3 is 23.8 Å². The summed E-state index contributed by atoms with van der Waals surface area (Å²) in [4.78, 5) is 46.9. The van der Waals surface area contributed by atoms with Crippen LogP contribution in [0, 0.1) is 0 Å². The number of methoxy groups -OCH3 is 1. The monoisotopic (exact) mass is 653 g/mol. The Balaban J connectivity index is 1.57. The minimum atomic E-state index is -0.883. The van der Waals surface area contributed by atoms with Crippen molar-refractivity contribution >= 4 is 40.9 Å². The number of nitrogens with zero attached hydrogens (tertiary/aromatic N) is 3. The van der Waals surface area contributed by atoms with Crippen LogP contribution in [0.5, 0.6) is 17.2 Å². The maximum Gasteiger partial charge on any atom is 0.338 e. The van der Waals surface area contributed by atoms with Gasteiger partial charge in [0.05, 0.1) is 35.6 Å². The highest BCUT2D eigenvalue weighted by Crippen LogP contribution is 2.37. The van der Waals surface area contributed by atoms with Crippen molar-refractivity contribution in [2.45, 2.75) is 52.7 Å². The number of ether oxygens (including phenoxy) is 4. The number of rotatable bonds is 10. The molecule has 10 nitrogen and oxygen atoms in total. The van der Waals surface area contributed by atoms with E-state index in [2.05, 4.69) is 4.99 Å². The lowest BCUT2D eigenvalue weighted by Gasteiger charge is -2.26. The highest BCUT2D eigenvalue weighted by Gasteiger charge is 2.35. The van der Waals surface area contributed by atoms with Gasteiger partial charge in [-0.15, -0.1) is 0 Å². The SMILES string of the molecule is CCOc1cc(/C=c2\sc3n(c2=O)[C@@H](c2cc(Cl)ccc2OC)C(C(=O)OC(C)C)=C(C)N=3)ccc1OCC(=O)N1CCCC1. The van der Waals surface area contributed by atoms with Gasteiger partial charge in [-0.3, -0.25) is 14.2 Å². The van der Waals surface area contributed by atoms with Gasteiger partial charge in [0.2, 0.25) is 0 Å². The van der Waals surface area contributed by atoms with Crippen molar-refractivity contribution in [2.24, 2.45) is 4.99 Å². The average Bonchev–Trinajstić information content (AvgIpc) is 3.64. The first-order valence-corrected chi connectivity index (χ1v) is 16.0. The van der Waals surface area contributed by atoms with Crippen LogP contribution in [0.2, 0.25) is 5.02 Å². The predicted octanol–water partition coefficient (Wildman–Crippen LogP) is 4.25. The Bertz CT molecular complexity index is 1820. The van der Waals surface area contributed by atoms with Gasteiger partial charge in [0, 0.05) is 23.7 Å². The van der Waals surface area contributed by atoms with E-state index in [-0.39, 0.29) is 29.8 Å². The molecule has 5 rings (SSSR count). The van der Waals surface area contributed by atoms with Crippen LogP contribution in [0.25, 0.3) is 6.08 Å². The lowest BCUT2D eigenvalue weighted by Crippen LogP contribution is -2.40. The Morgan fingerprint density at radius 1 is 1.09 bits per heavy atom. The number of esters is 1. The molecule has 1 fully saturated rings. The molecule has 1 aromatic heterocycles. The third-order valence-corrected chi connectivity index (χ3v) is 8.66. The Morgan fingerprint density at radius 2 is 1.82 bits per heavy atom. The van der Waals surface area contributed by atoms with Crippen LogP contribution in [0.4, 0.5) is 0 Å². The first-order valence-electron chi connectivity index (χ1n) is 14.9. The van der Waals surface area contributed by atoms with E-state index >= 15 is 0 Å². The van der Waals surface area contributed by atoms with E-state index in [1.165, 1.54) is 23.0 Å². The molecule has 0 unspecified atom stereocenters. The Labute approximate surface area is 270 Å². The lowest BCUT2D eigenvalue weighted by atomic mass is 9.95. The highest BCUT2D eigenvalue weighted by molar-refractivity contribution is 7.07. The van der Waals surface area contributed by atoms with E-state index in [9.17, 15) is 14.4 Å². The summed E-state index contributed by atoms with van der Waals surface area (Å²) in [6.45, 7) is 8.91. The zero-order valence-corrected chi connectivity index (χ0v) is 27.5. The molecular weight excluding hydrogens is 618 g/mol. The van der Waals surface area contributed by atoms with Gasteiger partial charge in [-0.25, -0.2) is 9.79 Å². The van der Waals surface area contributed by atoms with Crippen molar-refractivity contribution in [1.82, 2.24) is 9.47 Å². The lowest BCUT2D eigenvalue weighted by molar-refractivity contribution is -0.143. The van der Waals surface area contributed by atoms with Gasteiger partial charge in [-0.05, 0) is 82.5 Å². The third-order valence-electron chi connectivity index (χ3n) is 7.45. The molecule has 1 saturated heterocycles. The summed E-state index contributed by atoms with van der Waals surface area (Å²) >= 11 is 7.60. The fourth-order valence-corrected chi connectivity index (χ4v) is 6.65. The molecule has 12 heteroatoms. The van der Waals surface area contributed by atoms with E-state index < -0.39 is 12.0 Å². The smallest absolute Gasteiger partial charge is 0.338 e. The molecule has 0 radical (unpaired) electrons. The van der Waals surface area contributed by atoms with E-state index in [1.54, 1.807) is 68.1 Å². The topological polar surface area (TPSA) is 109 Å². The first-order chi connectivity index (χ1) is 21.6. The van der Waals surface area contributed by atoms with Gasteiger partial charge in [0.15, 0.2) is 22.9 Å². The summed E-state index contributed by atoms with van der Waals surface area (Å²) < 4.78 is 24.8. The molecule has 1 amide bonds. The number of likely N-dealkylation sites (tertiary alicyclic amines) is 1. The van der Waals surface area contributed by atoms with E-state index in [1.807, 2.05) is 6.92 Å². The number of aromatic nitrogens is 1. The summed E-state index contributed by atoms with van der Waals surface area (Å²) in [5.74, 6) is 0.735. The Hall–Kier alpha value is -4.09. The molecule has 0 aliphatic carbocycles. The summed E-state index contributed by atoms with van der Waals surface area (Å²) in [6, 6.07) is 9.48. The van der Waals surface area contributed by atoms with E-state index in [0.717, 1.165) is 25.9 Å². The molecule has 2 aliphatic rings. The zero-order chi connectivity index (χ0) is 32.2. The molecule has 3 aromatic rings. The molecule has 3 heterocycles. The fraction of sp³-hybridized carbons (Fsp3) is 0.394. The third kappa shape index (κ3) is 6.94. The van der Waals surface area contributed by atoms with Crippen LogP contribution < -0.4 is 29.1 Å². The number of carbonyl (C=O) groups is 2. The van der Waals surface area contributed by atoms with Crippen LogP contribution >= 0.6 is 22.9 Å². The molecule has 0 bridgehead atoms. The van der Waals surface area contributed by atoms with Crippen LogP contribution in [-0.4, -0.2) is 60.9 Å².